The van der Waals surface area contributed by atoms with Gasteiger partial charge in [0.15, 0.2) is 5.82 Å². The predicted molar refractivity (Wildman–Crippen MR) is 172 cm³/mol. The number of methoxy groups -OCH3 is 2. The molecular formula is C33H44N4O4S. The van der Waals surface area contributed by atoms with Crippen LogP contribution < -0.4 is 20.1 Å². The molecule has 2 aromatic carbocycles. The van der Waals surface area contributed by atoms with Crippen LogP contribution in [0.1, 0.15) is 75.9 Å². The molecule has 9 heteroatoms. The third-order valence-electron chi connectivity index (χ3n) is 6.96. The van der Waals surface area contributed by atoms with Gasteiger partial charge in [-0.25, -0.2) is 14.8 Å². The molecule has 0 saturated carbocycles. The summed E-state index contributed by atoms with van der Waals surface area (Å²) in [5.74, 6) is 2.32. The van der Waals surface area contributed by atoms with Crippen LogP contribution in [-0.2, 0) is 24.1 Å². The van der Waals surface area contributed by atoms with E-state index in [-0.39, 0.29) is 6.09 Å². The molecular weight excluding hydrogens is 548 g/mol. The summed E-state index contributed by atoms with van der Waals surface area (Å²) in [5, 5.41) is 8.76. The molecule has 0 atom stereocenters. The normalized spacial score (nSPS) is 11.6. The summed E-state index contributed by atoms with van der Waals surface area (Å²) < 4.78 is 17.5. The number of fused-ring (bicyclic) bond motifs is 3. The van der Waals surface area contributed by atoms with E-state index >= 15 is 0 Å². The highest BCUT2D eigenvalue weighted by Crippen LogP contribution is 2.37. The first-order valence-corrected chi connectivity index (χ1v) is 15.7. The number of aromatic nitrogens is 2. The first-order chi connectivity index (χ1) is 20.2. The second-order valence-electron chi connectivity index (χ2n) is 11.4. The molecule has 0 unspecified atom stereocenters. The van der Waals surface area contributed by atoms with E-state index in [9.17, 15) is 4.79 Å². The van der Waals surface area contributed by atoms with Crippen molar-refractivity contribution < 1.29 is 19.0 Å². The van der Waals surface area contributed by atoms with E-state index < -0.39 is 5.60 Å². The Kier molecular flexibility index (Phi) is 10.8. The Morgan fingerprint density at radius 3 is 2.52 bits per heavy atom. The summed E-state index contributed by atoms with van der Waals surface area (Å²) in [6, 6.07) is 12.2. The third kappa shape index (κ3) is 8.25. The molecule has 226 valence electrons. The van der Waals surface area contributed by atoms with Crippen molar-refractivity contribution in [2.24, 2.45) is 0 Å². The number of carbonyl (C=O) groups excluding carboxylic acids is 1. The number of nitrogens with one attached hydrogen (secondary N) is 2. The van der Waals surface area contributed by atoms with Gasteiger partial charge in [-0.2, -0.15) is 0 Å². The van der Waals surface area contributed by atoms with Crippen molar-refractivity contribution in [3.8, 4) is 11.5 Å². The van der Waals surface area contributed by atoms with Crippen molar-refractivity contribution in [3.63, 3.8) is 0 Å². The highest BCUT2D eigenvalue weighted by molar-refractivity contribution is 7.19. The second-order valence-corrected chi connectivity index (χ2v) is 12.5. The maximum Gasteiger partial charge on any atom is 0.407 e. The number of pyridine rings is 1. The van der Waals surface area contributed by atoms with Crippen LogP contribution in [0.2, 0.25) is 0 Å². The van der Waals surface area contributed by atoms with Crippen molar-refractivity contribution in [3.05, 3.63) is 52.5 Å². The van der Waals surface area contributed by atoms with E-state index in [2.05, 4.69) is 35.8 Å². The van der Waals surface area contributed by atoms with Gasteiger partial charge in [-0.1, -0.05) is 31.9 Å². The molecule has 4 aromatic rings. The minimum Gasteiger partial charge on any atom is -0.497 e. The number of benzene rings is 2. The van der Waals surface area contributed by atoms with Crippen LogP contribution in [-0.4, -0.2) is 42.4 Å². The number of hydrogen-bond acceptors (Lipinski definition) is 8. The molecule has 0 saturated heterocycles. The van der Waals surface area contributed by atoms with E-state index in [1.165, 1.54) is 15.6 Å². The summed E-state index contributed by atoms with van der Waals surface area (Å²) in [4.78, 5) is 22.1. The molecule has 2 aromatic heterocycles. The Hall–Kier alpha value is -3.59. The molecule has 2 heterocycles. The van der Waals surface area contributed by atoms with Gasteiger partial charge in [0, 0.05) is 30.1 Å². The number of hydrogen-bond donors (Lipinski definition) is 2. The number of ether oxygens (including phenoxy) is 3. The van der Waals surface area contributed by atoms with E-state index in [0.717, 1.165) is 83.9 Å². The standard InChI is InChI=1S/C33H44N4O4S/c1-7-8-16-27-37-29-30(42-27)28-22(13-10-9-11-19-34-32(38)41-33(2,3)4)14-12-15-25(28)36-31(29)35-21-23-17-18-24(39-5)20-26(23)40-6/h12,14-15,17-18,20H,7-11,13,16,19,21H2,1-6H3,(H,34,38)(H,35,36). The molecule has 0 aliphatic rings. The Labute approximate surface area is 253 Å². The van der Waals surface area contributed by atoms with Crippen LogP contribution in [0.25, 0.3) is 21.1 Å². The Morgan fingerprint density at radius 2 is 1.79 bits per heavy atom. The van der Waals surface area contributed by atoms with E-state index in [1.54, 1.807) is 25.6 Å². The third-order valence-corrected chi connectivity index (χ3v) is 8.09. The lowest BCUT2D eigenvalue weighted by Gasteiger charge is -2.19. The summed E-state index contributed by atoms with van der Waals surface area (Å²) in [6.45, 7) is 8.99. The molecule has 1 amide bonds. The zero-order chi connectivity index (χ0) is 30.1. The Balaban J connectivity index is 1.52. The predicted octanol–water partition coefficient (Wildman–Crippen LogP) is 8.05. The highest BCUT2D eigenvalue weighted by atomic mass is 32.1. The lowest BCUT2D eigenvalue weighted by Crippen LogP contribution is -2.32. The fourth-order valence-corrected chi connectivity index (χ4v) is 6.07. The van der Waals surface area contributed by atoms with Crippen LogP contribution >= 0.6 is 11.3 Å². The molecule has 0 spiro atoms. The van der Waals surface area contributed by atoms with Crippen LogP contribution in [0, 0.1) is 0 Å². The van der Waals surface area contributed by atoms with Gasteiger partial charge in [0.25, 0.3) is 0 Å². The lowest BCUT2D eigenvalue weighted by atomic mass is 10.0. The fraction of sp³-hybridized carbons (Fsp3) is 0.485. The SMILES string of the molecule is CCCCc1nc2c(NCc3ccc(OC)cc3OC)nc3cccc(CCCCCNC(=O)OC(C)(C)C)c3c2s1. The van der Waals surface area contributed by atoms with Crippen molar-refractivity contribution in [2.75, 3.05) is 26.1 Å². The molecule has 2 N–H and O–H groups in total. The van der Waals surface area contributed by atoms with Crippen LogP contribution in [0.5, 0.6) is 11.5 Å². The lowest BCUT2D eigenvalue weighted by molar-refractivity contribution is 0.0527. The van der Waals surface area contributed by atoms with Crippen LogP contribution in [0.4, 0.5) is 10.6 Å². The first kappa shape index (κ1) is 31.3. The molecule has 0 fully saturated rings. The number of nitrogens with zero attached hydrogens (tertiary/aromatic N) is 2. The average Bonchev–Trinajstić information content (AvgIpc) is 3.39. The minimum absolute atomic E-state index is 0.357. The van der Waals surface area contributed by atoms with Gasteiger partial charge in [0.2, 0.25) is 0 Å². The number of rotatable bonds is 14. The van der Waals surface area contributed by atoms with Crippen molar-refractivity contribution in [1.29, 1.82) is 0 Å². The minimum atomic E-state index is -0.483. The maximum absolute atomic E-state index is 11.9. The molecule has 42 heavy (non-hydrogen) atoms. The molecule has 0 bridgehead atoms. The smallest absolute Gasteiger partial charge is 0.407 e. The van der Waals surface area contributed by atoms with Gasteiger partial charge in [0.05, 0.1) is 29.4 Å². The fourth-order valence-electron chi connectivity index (χ4n) is 4.87. The Morgan fingerprint density at radius 1 is 0.952 bits per heavy atom. The summed E-state index contributed by atoms with van der Waals surface area (Å²) >= 11 is 1.79. The second kappa shape index (κ2) is 14.5. The van der Waals surface area contributed by atoms with Gasteiger partial charge >= 0.3 is 6.09 Å². The maximum atomic E-state index is 11.9. The van der Waals surface area contributed by atoms with Crippen molar-refractivity contribution in [2.45, 2.75) is 84.8 Å². The first-order valence-electron chi connectivity index (χ1n) is 14.8. The van der Waals surface area contributed by atoms with Crippen molar-refractivity contribution >= 4 is 44.4 Å². The van der Waals surface area contributed by atoms with E-state index in [4.69, 9.17) is 24.2 Å². The van der Waals surface area contributed by atoms with E-state index in [0.29, 0.717) is 13.1 Å². The number of unbranched alkanes of at least 4 members (excludes halogenated alkanes) is 3. The number of alkyl carbamates (subject to hydrolysis) is 1. The monoisotopic (exact) mass is 592 g/mol. The quantitative estimate of drug-likeness (QED) is 0.143. The highest BCUT2D eigenvalue weighted by Gasteiger charge is 2.18. The van der Waals surface area contributed by atoms with Gasteiger partial charge < -0.3 is 24.8 Å². The van der Waals surface area contributed by atoms with Gasteiger partial charge in [-0.3, -0.25) is 0 Å². The van der Waals surface area contributed by atoms with Crippen LogP contribution in [0.15, 0.2) is 36.4 Å². The number of carbonyl (C=O) groups is 1. The number of amides is 1. The Bertz CT molecular complexity index is 1500. The molecule has 0 aliphatic heterocycles. The van der Waals surface area contributed by atoms with Gasteiger partial charge in [-0.15, -0.1) is 11.3 Å². The van der Waals surface area contributed by atoms with Gasteiger partial charge in [-0.05, 0) is 76.6 Å². The molecule has 4 rings (SSSR count). The summed E-state index contributed by atoms with van der Waals surface area (Å²) in [6.07, 6.45) is 6.73. The van der Waals surface area contributed by atoms with Gasteiger partial charge in [0.1, 0.15) is 22.6 Å². The summed E-state index contributed by atoms with van der Waals surface area (Å²) in [7, 11) is 3.32. The topological polar surface area (TPSA) is 94.6 Å². The molecule has 0 aliphatic carbocycles. The molecule has 8 nitrogen and oxygen atoms in total. The largest absolute Gasteiger partial charge is 0.497 e. The van der Waals surface area contributed by atoms with E-state index in [1.807, 2.05) is 39.0 Å². The summed E-state index contributed by atoms with van der Waals surface area (Å²) in [5.41, 5.74) is 3.73. The number of anilines is 1. The van der Waals surface area contributed by atoms with Crippen molar-refractivity contribution in [1.82, 2.24) is 15.3 Å². The molecule has 0 radical (unpaired) electrons. The average molecular weight is 593 g/mol. The number of aryl methyl sites for hydroxylation is 2. The number of thiazole rings is 1. The zero-order valence-corrected chi connectivity index (χ0v) is 26.6. The van der Waals surface area contributed by atoms with Crippen LogP contribution in [0.3, 0.4) is 0 Å². The zero-order valence-electron chi connectivity index (χ0n) is 25.8.